The maximum absolute atomic E-state index is 12.7. The summed E-state index contributed by atoms with van der Waals surface area (Å²) < 4.78 is 38.4. The van der Waals surface area contributed by atoms with Gasteiger partial charge in [-0.1, -0.05) is 48.5 Å². The highest BCUT2D eigenvalue weighted by molar-refractivity contribution is 14.1. The monoisotopic (exact) mass is 1210 g/mol. The number of nitrogens with one attached hydrogen (secondary N) is 3. The first-order valence-electron chi connectivity index (χ1n) is 21.8. The molecule has 372 valence electrons. The Morgan fingerprint density at radius 1 is 0.676 bits per heavy atom. The van der Waals surface area contributed by atoms with Crippen molar-refractivity contribution in [1.82, 2.24) is 25.3 Å². The van der Waals surface area contributed by atoms with Crippen molar-refractivity contribution in [3.63, 3.8) is 0 Å². The predicted molar refractivity (Wildman–Crippen MR) is 290 cm³/mol. The summed E-state index contributed by atoms with van der Waals surface area (Å²) in [5.41, 5.74) is 22.6. The Hall–Kier alpha value is -6.59. The van der Waals surface area contributed by atoms with Gasteiger partial charge in [0.25, 0.3) is 15.9 Å². The summed E-state index contributed by atoms with van der Waals surface area (Å²) >= 11 is 4.03. The van der Waals surface area contributed by atoms with Gasteiger partial charge in [0.15, 0.2) is 0 Å². The van der Waals surface area contributed by atoms with Crippen molar-refractivity contribution in [2.24, 2.45) is 5.73 Å². The number of aromatic carboxylic acids is 1. The number of pyridine rings is 2. The summed E-state index contributed by atoms with van der Waals surface area (Å²) in [6, 6.07) is 31.7. The molecule has 0 bridgehead atoms. The molecule has 5 rings (SSSR count). The maximum atomic E-state index is 12.7. The van der Waals surface area contributed by atoms with E-state index in [1.807, 2.05) is 82.8 Å². The van der Waals surface area contributed by atoms with Crippen LogP contribution in [0.2, 0.25) is 0 Å². The zero-order chi connectivity index (χ0) is 52.0. The van der Waals surface area contributed by atoms with Gasteiger partial charge in [0.2, 0.25) is 0 Å². The Balaban J connectivity index is 0.000000306. The van der Waals surface area contributed by atoms with Gasteiger partial charge in [0.05, 0.1) is 24.0 Å². The maximum Gasteiger partial charge on any atom is 0.335 e. The summed E-state index contributed by atoms with van der Waals surface area (Å²) in [5.74, 6) is 7.78. The summed E-state index contributed by atoms with van der Waals surface area (Å²) in [4.78, 5) is 55.6. The number of anilines is 2. The molecule has 71 heavy (non-hydrogen) atoms. The van der Waals surface area contributed by atoms with Gasteiger partial charge in [0, 0.05) is 74.6 Å². The zero-order valence-electron chi connectivity index (χ0n) is 38.9. The van der Waals surface area contributed by atoms with Crippen LogP contribution in [0.1, 0.15) is 62.6 Å². The van der Waals surface area contributed by atoms with Crippen molar-refractivity contribution in [3.05, 3.63) is 152 Å². The Labute approximate surface area is 441 Å². The lowest BCUT2D eigenvalue weighted by molar-refractivity contribution is -0.146. The second-order valence-electron chi connectivity index (χ2n) is 14.7. The number of nitrogens with zero attached hydrogens (tertiary/aromatic N) is 2. The fourth-order valence-corrected chi connectivity index (χ4v) is 7.21. The van der Waals surface area contributed by atoms with Gasteiger partial charge in [-0.3, -0.25) is 19.7 Å². The summed E-state index contributed by atoms with van der Waals surface area (Å²) in [6.07, 6.45) is 3.17. The normalized spacial score (nSPS) is 11.0. The minimum atomic E-state index is -3.99. The van der Waals surface area contributed by atoms with Gasteiger partial charge >= 0.3 is 17.9 Å². The zero-order valence-corrected chi connectivity index (χ0v) is 44.0. The number of aryl methyl sites for hydroxylation is 4. The first-order valence-corrected chi connectivity index (χ1v) is 25.5. The van der Waals surface area contributed by atoms with Crippen molar-refractivity contribution >= 4 is 90.7 Å². The number of esters is 2. The predicted octanol–water partition coefficient (Wildman–Crippen LogP) is 4.81. The van der Waals surface area contributed by atoms with E-state index in [1.54, 1.807) is 72.8 Å². The number of nitrogen functional groups attached to an aromatic ring is 2. The molecule has 2 heterocycles. The van der Waals surface area contributed by atoms with E-state index in [0.29, 0.717) is 29.3 Å². The van der Waals surface area contributed by atoms with Crippen LogP contribution in [-0.2, 0) is 61.3 Å². The van der Waals surface area contributed by atoms with Crippen molar-refractivity contribution in [3.8, 4) is 32.9 Å². The lowest BCUT2D eigenvalue weighted by Crippen LogP contribution is -2.46. The van der Waals surface area contributed by atoms with Crippen molar-refractivity contribution in [2.75, 3.05) is 37.8 Å². The summed E-state index contributed by atoms with van der Waals surface area (Å²) in [6.45, 7) is 4.16. The minimum absolute atomic E-state index is 0.128. The first-order chi connectivity index (χ1) is 34.1. The fourth-order valence-electron chi connectivity index (χ4n) is 5.91. The Kier molecular flexibility index (Phi) is 26.7. The number of carboxylic acid groups (broad SMARTS) is 1. The van der Waals surface area contributed by atoms with Crippen molar-refractivity contribution in [1.29, 1.82) is 0 Å². The highest BCUT2D eigenvalue weighted by Gasteiger charge is 2.23. The molecule has 0 unspecified atom stereocenters. The van der Waals surface area contributed by atoms with Crippen molar-refractivity contribution < 1.29 is 42.2 Å². The van der Waals surface area contributed by atoms with Gasteiger partial charge < -0.3 is 37.1 Å². The lowest BCUT2D eigenvalue weighted by atomic mass is 10.1. The summed E-state index contributed by atoms with van der Waals surface area (Å²) in [7, 11) is -3.99. The van der Waals surface area contributed by atoms with E-state index in [4.69, 9.17) is 27.0 Å². The molecule has 20 heteroatoms. The molecule has 0 aliphatic heterocycles. The number of halogens is 2. The molecular formula is C51H54I2N8O9S. The number of nitrogens with two attached hydrogens (primary N) is 3. The summed E-state index contributed by atoms with van der Waals surface area (Å²) in [5, 5.41) is 16.7. The highest BCUT2D eigenvalue weighted by atomic mass is 127. The minimum Gasteiger partial charge on any atom is -0.478 e. The van der Waals surface area contributed by atoms with Crippen LogP contribution in [0, 0.1) is 36.4 Å². The van der Waals surface area contributed by atoms with Gasteiger partial charge in [-0.25, -0.2) is 14.8 Å². The topological polar surface area (TPSA) is 281 Å². The van der Waals surface area contributed by atoms with Crippen LogP contribution < -0.4 is 32.6 Å². The largest absolute Gasteiger partial charge is 0.478 e. The molecule has 17 nitrogen and oxygen atoms in total. The molecule has 0 saturated heterocycles. The SMILES string of the molecule is CCOC(=O)[C@H](CN)NS(=O)(=O)C#CC#CC#CI.CCOC(=O)[C@H](CNC(=O)c1ccc(CCc2cccc(N)n2)cc1)NCc1ccc(I)cc1.Nc1cccc(CCc2ccc(C(=O)O)cc2)n1. The van der Waals surface area contributed by atoms with E-state index in [-0.39, 0.29) is 38.2 Å². The number of rotatable bonds is 20. The van der Waals surface area contributed by atoms with E-state index in [0.717, 1.165) is 57.3 Å². The molecule has 2 aromatic heterocycles. The number of sulfonamides is 1. The van der Waals surface area contributed by atoms with Gasteiger partial charge in [0.1, 0.15) is 23.7 Å². The van der Waals surface area contributed by atoms with Crippen LogP contribution >= 0.6 is 45.2 Å². The molecule has 0 radical (unpaired) electrons. The third kappa shape index (κ3) is 23.7. The third-order valence-electron chi connectivity index (χ3n) is 9.44. The first kappa shape index (κ1) is 58.7. The standard InChI is InChI=1S/C26H29IN4O3.C14H14N2O2.C11H11IN2O4S/c1-2-34-26(33)23(29-16-19-8-13-21(27)14-9-19)17-30-25(32)20-11-6-18(7-12-20)10-15-22-4-3-5-24(28)31-22;15-13-3-1-2-12(16-13)9-6-10-4-7-11(8-5-10)14(17)18;1-2-18-11(15)10(9-13)14-19(16,17)8-6-4-3-5-7-12/h3-9,11-14,23,29H,2,10,15-17H2,1H3,(H2,28,31)(H,30,32);1-5,7-8H,6,9H2,(H2,15,16)(H,17,18);10,14H,2,9,13H2,1H3/t23-;;10-/m0.0/s1. The second kappa shape index (κ2) is 32.3. The molecule has 0 aliphatic rings. The number of carboxylic acids is 1. The number of aromatic nitrogens is 2. The third-order valence-corrected chi connectivity index (χ3v) is 11.4. The Bertz CT molecular complexity index is 2840. The smallest absolute Gasteiger partial charge is 0.335 e. The fraction of sp³-hybridized carbons (Fsp3) is 0.255. The van der Waals surface area contributed by atoms with Crippen LogP contribution in [0.15, 0.2) is 109 Å². The number of benzene rings is 3. The van der Waals surface area contributed by atoms with E-state index in [2.05, 4.69) is 75.5 Å². The lowest BCUT2D eigenvalue weighted by Gasteiger charge is -2.18. The average molecular weight is 1210 g/mol. The number of amides is 1. The number of carbonyl (C=O) groups excluding carboxylic acids is 3. The number of hydrogen-bond donors (Lipinski definition) is 7. The molecule has 3 aromatic carbocycles. The number of ether oxygens (including phenoxy) is 2. The van der Waals surface area contributed by atoms with E-state index in [9.17, 15) is 27.6 Å². The average Bonchev–Trinajstić information content (AvgIpc) is 3.35. The highest BCUT2D eigenvalue weighted by Crippen LogP contribution is 2.12. The molecule has 0 spiro atoms. The number of hydrogen-bond acceptors (Lipinski definition) is 14. The molecule has 5 aromatic rings. The van der Waals surface area contributed by atoms with Crippen LogP contribution in [-0.4, -0.2) is 85.7 Å². The molecule has 0 aliphatic carbocycles. The Morgan fingerprint density at radius 3 is 1.65 bits per heavy atom. The van der Waals surface area contributed by atoms with E-state index >= 15 is 0 Å². The molecule has 10 N–H and O–H groups in total. The van der Waals surface area contributed by atoms with Gasteiger partial charge in [-0.15, -0.1) is 0 Å². The van der Waals surface area contributed by atoms with E-state index < -0.39 is 34.0 Å². The van der Waals surface area contributed by atoms with Crippen LogP contribution in [0.5, 0.6) is 0 Å². The Morgan fingerprint density at radius 2 is 1.17 bits per heavy atom. The molecular weight excluding hydrogens is 1150 g/mol. The van der Waals surface area contributed by atoms with E-state index in [1.165, 1.54) is 0 Å². The molecule has 0 fully saturated rings. The molecule has 0 saturated carbocycles. The molecule has 2 atom stereocenters. The van der Waals surface area contributed by atoms with Crippen LogP contribution in [0.4, 0.5) is 11.6 Å². The molecule has 1 amide bonds. The second-order valence-corrected chi connectivity index (χ2v) is 17.9. The van der Waals surface area contributed by atoms with Crippen molar-refractivity contribution in [2.45, 2.75) is 58.2 Å². The quantitative estimate of drug-likeness (QED) is 0.0313. The van der Waals surface area contributed by atoms with Crippen LogP contribution in [0.25, 0.3) is 0 Å². The number of carbonyl (C=O) groups is 4. The van der Waals surface area contributed by atoms with Gasteiger partial charge in [-0.05, 0) is 155 Å². The van der Waals surface area contributed by atoms with Crippen LogP contribution in [0.3, 0.4) is 0 Å². The van der Waals surface area contributed by atoms with Gasteiger partial charge in [-0.2, -0.15) is 13.1 Å².